The van der Waals surface area contributed by atoms with E-state index in [1.807, 2.05) is 0 Å². The van der Waals surface area contributed by atoms with Crippen LogP contribution < -0.4 is 5.32 Å². The molecule has 2 nitrogen and oxygen atoms in total. The van der Waals surface area contributed by atoms with E-state index in [2.05, 4.69) is 19.2 Å². The number of hydrogen-bond acceptors (Lipinski definition) is 1. The van der Waals surface area contributed by atoms with Crippen molar-refractivity contribution < 1.29 is 4.79 Å². The summed E-state index contributed by atoms with van der Waals surface area (Å²) in [6, 6.07) is 0.483. The fraction of sp³-hybridized carbons (Fsp3) is 0.909. The third kappa shape index (κ3) is 1.47. The van der Waals surface area contributed by atoms with Crippen LogP contribution in [0.2, 0.25) is 0 Å². The van der Waals surface area contributed by atoms with Crippen molar-refractivity contribution in [1.29, 1.82) is 0 Å². The van der Waals surface area contributed by atoms with Crippen LogP contribution in [0.3, 0.4) is 0 Å². The summed E-state index contributed by atoms with van der Waals surface area (Å²) in [5.74, 6) is 1.03. The zero-order chi connectivity index (χ0) is 9.47. The predicted octanol–water partition coefficient (Wildman–Crippen LogP) is 2.09. The van der Waals surface area contributed by atoms with Crippen molar-refractivity contribution in [3.63, 3.8) is 0 Å². The zero-order valence-corrected chi connectivity index (χ0v) is 8.60. The topological polar surface area (TPSA) is 29.1 Å². The second-order valence-corrected chi connectivity index (χ2v) is 4.77. The van der Waals surface area contributed by atoms with Gasteiger partial charge in [0, 0.05) is 11.5 Å². The Kier molecular flexibility index (Phi) is 2.09. The largest absolute Gasteiger partial charge is 0.353 e. The molecule has 0 aromatic rings. The highest BCUT2D eigenvalue weighted by molar-refractivity contribution is 5.85. The molecule has 2 aliphatic carbocycles. The van der Waals surface area contributed by atoms with Gasteiger partial charge in [-0.15, -0.1) is 0 Å². The van der Waals surface area contributed by atoms with E-state index in [4.69, 9.17) is 0 Å². The Labute approximate surface area is 80.1 Å². The SMILES string of the molecule is CCC1(C(=O)NC2CCC2C)CC1. The van der Waals surface area contributed by atoms with E-state index in [-0.39, 0.29) is 5.41 Å². The van der Waals surface area contributed by atoms with Gasteiger partial charge in [0.15, 0.2) is 0 Å². The first-order chi connectivity index (χ1) is 6.18. The summed E-state index contributed by atoms with van der Waals surface area (Å²) in [7, 11) is 0. The van der Waals surface area contributed by atoms with Crippen molar-refractivity contribution in [2.24, 2.45) is 11.3 Å². The molecule has 0 radical (unpaired) electrons. The average molecular weight is 181 g/mol. The highest BCUT2D eigenvalue weighted by atomic mass is 16.2. The molecule has 0 aromatic carbocycles. The number of carbonyl (C=O) groups is 1. The molecule has 1 N–H and O–H groups in total. The van der Waals surface area contributed by atoms with Crippen LogP contribution in [0.25, 0.3) is 0 Å². The number of hydrogen-bond donors (Lipinski definition) is 1. The van der Waals surface area contributed by atoms with Gasteiger partial charge in [-0.3, -0.25) is 4.79 Å². The van der Waals surface area contributed by atoms with Gasteiger partial charge in [0.05, 0.1) is 0 Å². The lowest BCUT2D eigenvalue weighted by Gasteiger charge is -2.35. The monoisotopic (exact) mass is 181 g/mol. The molecular formula is C11H19NO. The first-order valence-electron chi connectivity index (χ1n) is 5.49. The molecule has 13 heavy (non-hydrogen) atoms. The lowest BCUT2D eigenvalue weighted by molar-refractivity contribution is -0.128. The van der Waals surface area contributed by atoms with Crippen LogP contribution in [0.5, 0.6) is 0 Å². The van der Waals surface area contributed by atoms with Gasteiger partial charge in [-0.2, -0.15) is 0 Å². The fourth-order valence-corrected chi connectivity index (χ4v) is 2.09. The van der Waals surface area contributed by atoms with E-state index in [0.717, 1.165) is 19.3 Å². The van der Waals surface area contributed by atoms with Crippen LogP contribution in [0.1, 0.15) is 46.0 Å². The van der Waals surface area contributed by atoms with Gasteiger partial charge in [-0.25, -0.2) is 0 Å². The summed E-state index contributed by atoms with van der Waals surface area (Å²) in [5, 5.41) is 3.18. The summed E-state index contributed by atoms with van der Waals surface area (Å²) in [6.07, 6.45) is 5.70. The highest BCUT2D eigenvalue weighted by Gasteiger charge is 2.49. The number of rotatable bonds is 3. The van der Waals surface area contributed by atoms with E-state index < -0.39 is 0 Å². The first-order valence-corrected chi connectivity index (χ1v) is 5.49. The maximum Gasteiger partial charge on any atom is 0.226 e. The molecule has 0 heterocycles. The fourth-order valence-electron chi connectivity index (χ4n) is 2.09. The molecule has 0 saturated heterocycles. The van der Waals surface area contributed by atoms with Crippen molar-refractivity contribution in [2.45, 2.75) is 52.0 Å². The van der Waals surface area contributed by atoms with E-state index >= 15 is 0 Å². The van der Waals surface area contributed by atoms with Crippen molar-refractivity contribution in [3.05, 3.63) is 0 Å². The average Bonchev–Trinajstić information content (AvgIpc) is 2.92. The predicted molar refractivity (Wildman–Crippen MR) is 52.3 cm³/mol. The van der Waals surface area contributed by atoms with Gasteiger partial charge in [0.2, 0.25) is 5.91 Å². The molecule has 0 aromatic heterocycles. The van der Waals surface area contributed by atoms with Gasteiger partial charge in [-0.1, -0.05) is 13.8 Å². The Morgan fingerprint density at radius 3 is 2.46 bits per heavy atom. The number of amides is 1. The Bertz CT molecular complexity index is 220. The minimum atomic E-state index is 0.0509. The van der Waals surface area contributed by atoms with E-state index in [1.54, 1.807) is 0 Å². The standard InChI is InChI=1S/C11H19NO/c1-3-11(6-7-11)10(13)12-9-5-4-8(9)2/h8-9H,3-7H2,1-2H3,(H,12,13). The van der Waals surface area contributed by atoms with Crippen molar-refractivity contribution in [3.8, 4) is 0 Å². The maximum atomic E-state index is 11.8. The second-order valence-electron chi connectivity index (χ2n) is 4.77. The molecule has 2 heteroatoms. The zero-order valence-electron chi connectivity index (χ0n) is 8.60. The Hall–Kier alpha value is -0.530. The van der Waals surface area contributed by atoms with Gasteiger partial charge >= 0.3 is 0 Å². The van der Waals surface area contributed by atoms with Crippen LogP contribution >= 0.6 is 0 Å². The van der Waals surface area contributed by atoms with E-state index in [9.17, 15) is 4.79 Å². The minimum Gasteiger partial charge on any atom is -0.353 e. The molecule has 74 valence electrons. The third-order valence-corrected chi connectivity index (χ3v) is 3.95. The van der Waals surface area contributed by atoms with Crippen LogP contribution in [0.15, 0.2) is 0 Å². The van der Waals surface area contributed by atoms with Crippen LogP contribution in [0.4, 0.5) is 0 Å². The Balaban J connectivity index is 1.85. The lowest BCUT2D eigenvalue weighted by Crippen LogP contribution is -2.48. The van der Waals surface area contributed by atoms with Gasteiger partial charge in [0.25, 0.3) is 0 Å². The summed E-state index contributed by atoms with van der Waals surface area (Å²) in [6.45, 7) is 4.34. The molecule has 2 fully saturated rings. The Morgan fingerprint density at radius 2 is 2.15 bits per heavy atom. The lowest BCUT2D eigenvalue weighted by atomic mass is 9.80. The van der Waals surface area contributed by atoms with Gasteiger partial charge < -0.3 is 5.32 Å². The van der Waals surface area contributed by atoms with Crippen molar-refractivity contribution in [2.75, 3.05) is 0 Å². The number of nitrogens with one attached hydrogen (secondary N) is 1. The van der Waals surface area contributed by atoms with E-state index in [1.165, 1.54) is 12.8 Å². The minimum absolute atomic E-state index is 0.0509. The molecule has 2 rings (SSSR count). The van der Waals surface area contributed by atoms with Crippen LogP contribution in [0, 0.1) is 11.3 Å². The van der Waals surface area contributed by atoms with Gasteiger partial charge in [-0.05, 0) is 38.0 Å². The first kappa shape index (κ1) is 9.04. The van der Waals surface area contributed by atoms with E-state index in [0.29, 0.717) is 17.9 Å². The van der Waals surface area contributed by atoms with Gasteiger partial charge in [0.1, 0.15) is 0 Å². The Morgan fingerprint density at radius 1 is 1.46 bits per heavy atom. The molecular weight excluding hydrogens is 162 g/mol. The molecule has 0 aliphatic heterocycles. The normalized spacial score (nSPS) is 34.9. The summed E-state index contributed by atoms with van der Waals surface area (Å²) < 4.78 is 0. The molecule has 0 spiro atoms. The van der Waals surface area contributed by atoms with Crippen molar-refractivity contribution in [1.82, 2.24) is 5.32 Å². The smallest absolute Gasteiger partial charge is 0.226 e. The molecule has 2 unspecified atom stereocenters. The molecule has 0 bridgehead atoms. The van der Waals surface area contributed by atoms with Crippen molar-refractivity contribution >= 4 is 5.91 Å². The summed E-state index contributed by atoms with van der Waals surface area (Å²) in [5.41, 5.74) is 0.0509. The van der Waals surface area contributed by atoms with Crippen LogP contribution in [-0.2, 0) is 4.79 Å². The summed E-state index contributed by atoms with van der Waals surface area (Å²) in [4.78, 5) is 11.8. The molecule has 2 aliphatic rings. The van der Waals surface area contributed by atoms with Crippen LogP contribution in [-0.4, -0.2) is 11.9 Å². The third-order valence-electron chi connectivity index (χ3n) is 3.95. The highest BCUT2D eigenvalue weighted by Crippen LogP contribution is 2.49. The quantitative estimate of drug-likeness (QED) is 0.709. The molecule has 2 atom stereocenters. The summed E-state index contributed by atoms with van der Waals surface area (Å²) >= 11 is 0. The molecule has 1 amide bonds. The second kappa shape index (κ2) is 3.00. The molecule has 2 saturated carbocycles. The number of carbonyl (C=O) groups excluding carboxylic acids is 1. The maximum absolute atomic E-state index is 11.8.